The first-order valence-electron chi connectivity index (χ1n) is 3.89. The second kappa shape index (κ2) is 4.23. The molecule has 3 heteroatoms. The van der Waals surface area contributed by atoms with Crippen molar-refractivity contribution in [1.29, 1.82) is 0 Å². The Hall–Kier alpha value is -1.09. The lowest BCUT2D eigenvalue weighted by atomic mass is 10.1. The minimum Gasteiger partial charge on any atom is -0.294 e. The number of hydrogen-bond donors (Lipinski definition) is 0. The van der Waals surface area contributed by atoms with Crippen LogP contribution in [0, 0.1) is 0 Å². The maximum Gasteiger partial charge on any atom is 0.190 e. The third-order valence-corrected chi connectivity index (χ3v) is 2.38. The van der Waals surface area contributed by atoms with Gasteiger partial charge in [0.2, 0.25) is 0 Å². The second-order valence-corrected chi connectivity index (χ2v) is 3.86. The number of Topliss-reactive ketones (excluding diaryl/α,β-unsaturated/α-hetero) is 1. The van der Waals surface area contributed by atoms with E-state index in [1.54, 1.807) is 18.2 Å². The molecule has 0 unspecified atom stereocenters. The van der Waals surface area contributed by atoms with Gasteiger partial charge in [0, 0.05) is 17.4 Å². The highest BCUT2D eigenvalue weighted by atomic mass is 32.2. The zero-order chi connectivity index (χ0) is 9.84. The Morgan fingerprint density at radius 3 is 2.31 bits per heavy atom. The van der Waals surface area contributed by atoms with E-state index in [0.29, 0.717) is 5.56 Å². The Morgan fingerprint density at radius 2 is 1.77 bits per heavy atom. The first-order chi connectivity index (χ1) is 6.11. The molecule has 13 heavy (non-hydrogen) atoms. The molecule has 0 heterocycles. The number of rotatable bonds is 2. The van der Waals surface area contributed by atoms with E-state index in [1.807, 2.05) is 6.07 Å². The molecule has 0 aliphatic rings. The third kappa shape index (κ3) is 2.70. The summed E-state index contributed by atoms with van der Waals surface area (Å²) in [5.74, 6) is -0.00986. The number of thioether (sulfide) groups is 1. The molecule has 0 N–H and O–H groups in total. The average Bonchev–Trinajstić information content (AvgIpc) is 2.03. The molecular formula is C10H10O2S. The lowest BCUT2D eigenvalue weighted by molar-refractivity contribution is -0.109. The Morgan fingerprint density at radius 1 is 1.15 bits per heavy atom. The minimum absolute atomic E-state index is 0.00583. The molecule has 0 atom stereocenters. The summed E-state index contributed by atoms with van der Waals surface area (Å²) in [6.07, 6.45) is 0. The van der Waals surface area contributed by atoms with Gasteiger partial charge in [0.05, 0.1) is 0 Å². The third-order valence-electron chi connectivity index (χ3n) is 1.52. The summed E-state index contributed by atoms with van der Waals surface area (Å²) >= 11 is 1.09. The predicted octanol–water partition coefficient (Wildman–Crippen LogP) is 2.53. The zero-order valence-electron chi connectivity index (χ0n) is 7.53. The van der Waals surface area contributed by atoms with E-state index in [1.165, 1.54) is 13.8 Å². The van der Waals surface area contributed by atoms with Crippen LogP contribution in [0.4, 0.5) is 0 Å². The van der Waals surface area contributed by atoms with Crippen molar-refractivity contribution in [3.05, 3.63) is 29.8 Å². The molecule has 0 bridgehead atoms. The van der Waals surface area contributed by atoms with Gasteiger partial charge in [-0.3, -0.25) is 9.59 Å². The predicted molar refractivity (Wildman–Crippen MR) is 53.0 cm³/mol. The first-order valence-corrected chi connectivity index (χ1v) is 4.71. The van der Waals surface area contributed by atoms with Crippen LogP contribution in [0.3, 0.4) is 0 Å². The van der Waals surface area contributed by atoms with E-state index >= 15 is 0 Å². The van der Waals surface area contributed by atoms with Crippen LogP contribution in [0.15, 0.2) is 29.2 Å². The molecule has 0 aliphatic carbocycles. The van der Waals surface area contributed by atoms with Crippen molar-refractivity contribution < 1.29 is 9.59 Å². The normalized spacial score (nSPS) is 9.69. The van der Waals surface area contributed by atoms with Crippen molar-refractivity contribution in [2.24, 2.45) is 0 Å². The smallest absolute Gasteiger partial charge is 0.190 e. The summed E-state index contributed by atoms with van der Waals surface area (Å²) in [4.78, 5) is 22.7. The number of hydrogen-bond acceptors (Lipinski definition) is 3. The topological polar surface area (TPSA) is 34.1 Å². The van der Waals surface area contributed by atoms with Crippen molar-refractivity contribution in [2.75, 3.05) is 0 Å². The van der Waals surface area contributed by atoms with Gasteiger partial charge < -0.3 is 0 Å². The summed E-state index contributed by atoms with van der Waals surface area (Å²) < 4.78 is 0. The van der Waals surface area contributed by atoms with E-state index in [2.05, 4.69) is 0 Å². The summed E-state index contributed by atoms with van der Waals surface area (Å²) in [5.41, 5.74) is 0.614. The molecule has 1 aromatic carbocycles. The Labute approximate surface area is 81.3 Å². The standard InChI is InChI=1S/C10H10O2S/c1-7(11)9-5-3-4-6-10(9)13-8(2)12/h3-6H,1-2H3. The fourth-order valence-corrected chi connectivity index (χ4v) is 1.78. The molecule has 0 radical (unpaired) electrons. The van der Waals surface area contributed by atoms with Crippen LogP contribution in [-0.2, 0) is 4.79 Å². The van der Waals surface area contributed by atoms with E-state index in [4.69, 9.17) is 0 Å². The Kier molecular flexibility index (Phi) is 3.25. The highest BCUT2D eigenvalue weighted by Crippen LogP contribution is 2.23. The molecule has 2 nitrogen and oxygen atoms in total. The lowest BCUT2D eigenvalue weighted by Crippen LogP contribution is -1.95. The summed E-state index contributed by atoms with van der Waals surface area (Å²) in [7, 11) is 0. The fraction of sp³-hybridized carbons (Fsp3) is 0.200. The maximum atomic E-state index is 11.1. The van der Waals surface area contributed by atoms with Crippen molar-refractivity contribution in [3.63, 3.8) is 0 Å². The number of carbonyl (C=O) groups excluding carboxylic acids is 2. The van der Waals surface area contributed by atoms with Crippen molar-refractivity contribution in [2.45, 2.75) is 18.7 Å². The molecule has 0 aliphatic heterocycles. The minimum atomic E-state index is -0.00986. The summed E-state index contributed by atoms with van der Waals surface area (Å²) in [5, 5.41) is -0.00583. The second-order valence-electron chi connectivity index (χ2n) is 2.65. The van der Waals surface area contributed by atoms with Crippen LogP contribution in [0.1, 0.15) is 24.2 Å². The van der Waals surface area contributed by atoms with Gasteiger partial charge in [0.15, 0.2) is 10.9 Å². The van der Waals surface area contributed by atoms with Gasteiger partial charge >= 0.3 is 0 Å². The van der Waals surface area contributed by atoms with E-state index in [0.717, 1.165) is 16.7 Å². The van der Waals surface area contributed by atoms with Crippen molar-refractivity contribution in [3.8, 4) is 0 Å². The molecule has 68 valence electrons. The van der Waals surface area contributed by atoms with E-state index in [9.17, 15) is 9.59 Å². The molecular weight excluding hydrogens is 184 g/mol. The molecule has 0 aromatic heterocycles. The van der Waals surface area contributed by atoms with Gasteiger partial charge in [0.25, 0.3) is 0 Å². The maximum absolute atomic E-state index is 11.1. The lowest BCUT2D eigenvalue weighted by Gasteiger charge is -2.02. The van der Waals surface area contributed by atoms with Crippen LogP contribution >= 0.6 is 11.8 Å². The number of benzene rings is 1. The van der Waals surface area contributed by atoms with E-state index in [-0.39, 0.29) is 10.9 Å². The van der Waals surface area contributed by atoms with Gasteiger partial charge in [-0.15, -0.1) is 0 Å². The van der Waals surface area contributed by atoms with Gasteiger partial charge in [-0.1, -0.05) is 30.0 Å². The SMILES string of the molecule is CC(=O)Sc1ccccc1C(C)=O. The molecule has 0 amide bonds. The molecule has 1 rings (SSSR count). The average molecular weight is 194 g/mol. The van der Waals surface area contributed by atoms with Crippen molar-refractivity contribution >= 4 is 22.7 Å². The first kappa shape index (κ1) is 9.99. The largest absolute Gasteiger partial charge is 0.294 e. The number of carbonyl (C=O) groups is 2. The molecule has 0 fully saturated rings. The van der Waals surface area contributed by atoms with Gasteiger partial charge in [-0.25, -0.2) is 0 Å². The summed E-state index contributed by atoms with van der Waals surface area (Å²) in [6.45, 7) is 2.99. The highest BCUT2D eigenvalue weighted by molar-refractivity contribution is 8.13. The van der Waals surface area contributed by atoms with Crippen molar-refractivity contribution in [1.82, 2.24) is 0 Å². The summed E-state index contributed by atoms with van der Waals surface area (Å²) in [6, 6.07) is 7.12. The Bertz CT molecular complexity index is 345. The van der Waals surface area contributed by atoms with Crippen LogP contribution in [-0.4, -0.2) is 10.9 Å². The molecule has 0 saturated heterocycles. The van der Waals surface area contributed by atoms with Gasteiger partial charge in [-0.2, -0.15) is 0 Å². The van der Waals surface area contributed by atoms with Crippen LogP contribution < -0.4 is 0 Å². The van der Waals surface area contributed by atoms with Gasteiger partial charge in [0.1, 0.15) is 0 Å². The zero-order valence-corrected chi connectivity index (χ0v) is 8.35. The van der Waals surface area contributed by atoms with Crippen LogP contribution in [0.2, 0.25) is 0 Å². The molecule has 1 aromatic rings. The molecule has 0 saturated carbocycles. The van der Waals surface area contributed by atoms with Crippen LogP contribution in [0.25, 0.3) is 0 Å². The van der Waals surface area contributed by atoms with Gasteiger partial charge in [-0.05, 0) is 13.0 Å². The quantitative estimate of drug-likeness (QED) is 0.536. The van der Waals surface area contributed by atoms with E-state index < -0.39 is 0 Å². The molecule has 0 spiro atoms. The highest BCUT2D eigenvalue weighted by Gasteiger charge is 2.07. The monoisotopic (exact) mass is 194 g/mol. The van der Waals surface area contributed by atoms with Crippen LogP contribution in [0.5, 0.6) is 0 Å². The fourth-order valence-electron chi connectivity index (χ4n) is 1.00. The Balaban J connectivity index is 3.04. The number of ketones is 1.